The van der Waals surface area contributed by atoms with Crippen molar-refractivity contribution in [2.75, 3.05) is 0 Å². The molecule has 72 valence electrons. The summed E-state index contributed by atoms with van der Waals surface area (Å²) in [4.78, 5) is 15.7. The van der Waals surface area contributed by atoms with Crippen molar-refractivity contribution in [3.63, 3.8) is 0 Å². The van der Waals surface area contributed by atoms with Crippen LogP contribution in [-0.4, -0.2) is 10.8 Å². The highest BCUT2D eigenvalue weighted by molar-refractivity contribution is 6.04. The van der Waals surface area contributed by atoms with Gasteiger partial charge in [-0.3, -0.25) is 9.78 Å². The van der Waals surface area contributed by atoms with E-state index in [1.165, 1.54) is 12.8 Å². The van der Waals surface area contributed by atoms with Crippen LogP contribution in [0.15, 0.2) is 30.5 Å². The summed E-state index contributed by atoms with van der Waals surface area (Å²) in [6.45, 7) is 1.89. The van der Waals surface area contributed by atoms with Crippen LogP contribution in [0.1, 0.15) is 28.9 Å². The molecule has 0 spiro atoms. The molecule has 1 aromatic rings. The lowest BCUT2D eigenvalue weighted by Gasteiger charge is -1.96. The van der Waals surface area contributed by atoms with Crippen molar-refractivity contribution < 1.29 is 4.79 Å². The van der Waals surface area contributed by atoms with Gasteiger partial charge >= 0.3 is 0 Å². The predicted octanol–water partition coefficient (Wildman–Crippen LogP) is 2.54. The molecule has 1 saturated carbocycles. The molecule has 14 heavy (non-hydrogen) atoms. The number of allylic oxidation sites excluding steroid dienone is 2. The molecule has 0 amide bonds. The van der Waals surface area contributed by atoms with Gasteiger partial charge in [-0.05, 0) is 43.9 Å². The number of aryl methyl sites for hydroxylation is 1. The number of pyridine rings is 1. The van der Waals surface area contributed by atoms with Crippen LogP contribution in [0.4, 0.5) is 0 Å². The molecule has 1 aromatic heterocycles. The number of ketones is 1. The standard InChI is InChI=1S/C12H13NO/c1-9-8-11(6-7-13-9)12(14)5-4-10-2-3-10/h4-8,10H,2-3H2,1H3. The number of aromatic nitrogens is 1. The Kier molecular flexibility index (Phi) is 2.44. The molecule has 2 heteroatoms. The Labute approximate surface area is 83.7 Å². The van der Waals surface area contributed by atoms with Gasteiger partial charge in [0.2, 0.25) is 0 Å². The SMILES string of the molecule is Cc1cc(C(=O)C=CC2CC2)ccn1. The number of carbonyl (C=O) groups excluding carboxylic acids is 1. The highest BCUT2D eigenvalue weighted by atomic mass is 16.1. The Morgan fingerprint density at radius 2 is 2.36 bits per heavy atom. The maximum absolute atomic E-state index is 11.6. The minimum absolute atomic E-state index is 0.0856. The van der Waals surface area contributed by atoms with Gasteiger partial charge < -0.3 is 0 Å². The smallest absolute Gasteiger partial charge is 0.185 e. The van der Waals surface area contributed by atoms with Crippen LogP contribution in [0.25, 0.3) is 0 Å². The van der Waals surface area contributed by atoms with E-state index in [4.69, 9.17) is 0 Å². The molecule has 1 fully saturated rings. The lowest BCUT2D eigenvalue weighted by atomic mass is 10.1. The first-order chi connectivity index (χ1) is 6.75. The molecular weight excluding hydrogens is 174 g/mol. The van der Waals surface area contributed by atoms with E-state index < -0.39 is 0 Å². The highest BCUT2D eigenvalue weighted by Gasteiger charge is 2.17. The van der Waals surface area contributed by atoms with Gasteiger partial charge in [-0.2, -0.15) is 0 Å². The molecule has 2 nitrogen and oxygen atoms in total. The van der Waals surface area contributed by atoms with Crippen LogP contribution in [-0.2, 0) is 0 Å². The molecule has 0 bridgehead atoms. The first-order valence-corrected chi connectivity index (χ1v) is 4.91. The summed E-state index contributed by atoms with van der Waals surface area (Å²) >= 11 is 0. The minimum atomic E-state index is 0.0856. The van der Waals surface area contributed by atoms with Gasteiger partial charge in [-0.15, -0.1) is 0 Å². The molecule has 0 radical (unpaired) electrons. The van der Waals surface area contributed by atoms with Crippen molar-refractivity contribution >= 4 is 5.78 Å². The molecule has 1 heterocycles. The normalized spacial score (nSPS) is 16.1. The fraction of sp³-hybridized carbons (Fsp3) is 0.333. The predicted molar refractivity (Wildman–Crippen MR) is 55.2 cm³/mol. The van der Waals surface area contributed by atoms with E-state index >= 15 is 0 Å². The molecular formula is C12H13NO. The summed E-state index contributed by atoms with van der Waals surface area (Å²) < 4.78 is 0. The Morgan fingerprint density at radius 3 is 3.00 bits per heavy atom. The van der Waals surface area contributed by atoms with E-state index in [9.17, 15) is 4.79 Å². The van der Waals surface area contributed by atoms with Gasteiger partial charge in [-0.25, -0.2) is 0 Å². The number of rotatable bonds is 3. The summed E-state index contributed by atoms with van der Waals surface area (Å²) in [6.07, 6.45) is 7.84. The number of hydrogen-bond acceptors (Lipinski definition) is 2. The van der Waals surface area contributed by atoms with Crippen LogP contribution in [0.3, 0.4) is 0 Å². The molecule has 0 aliphatic heterocycles. The number of hydrogen-bond donors (Lipinski definition) is 0. The van der Waals surface area contributed by atoms with Gasteiger partial charge in [0.15, 0.2) is 5.78 Å². The molecule has 1 aliphatic carbocycles. The fourth-order valence-corrected chi connectivity index (χ4v) is 1.31. The van der Waals surface area contributed by atoms with Crippen molar-refractivity contribution in [3.8, 4) is 0 Å². The molecule has 2 rings (SSSR count). The Balaban J connectivity index is 2.09. The van der Waals surface area contributed by atoms with Crippen LogP contribution < -0.4 is 0 Å². The third kappa shape index (κ3) is 2.28. The highest BCUT2D eigenvalue weighted by Crippen LogP contribution is 2.30. The van der Waals surface area contributed by atoms with E-state index in [1.54, 1.807) is 18.3 Å². The van der Waals surface area contributed by atoms with Crippen LogP contribution in [0.5, 0.6) is 0 Å². The van der Waals surface area contributed by atoms with E-state index in [2.05, 4.69) is 4.98 Å². The maximum Gasteiger partial charge on any atom is 0.185 e. The fourth-order valence-electron chi connectivity index (χ4n) is 1.31. The summed E-state index contributed by atoms with van der Waals surface area (Å²) in [5.41, 5.74) is 1.62. The van der Waals surface area contributed by atoms with Crippen LogP contribution in [0.2, 0.25) is 0 Å². The largest absolute Gasteiger partial charge is 0.289 e. The first kappa shape index (κ1) is 9.13. The van der Waals surface area contributed by atoms with Crippen molar-refractivity contribution in [2.24, 2.45) is 5.92 Å². The topological polar surface area (TPSA) is 30.0 Å². The zero-order valence-corrected chi connectivity index (χ0v) is 8.23. The van der Waals surface area contributed by atoms with E-state index in [0.717, 1.165) is 11.3 Å². The van der Waals surface area contributed by atoms with Gasteiger partial charge in [-0.1, -0.05) is 6.08 Å². The van der Waals surface area contributed by atoms with Gasteiger partial charge in [0.1, 0.15) is 0 Å². The zero-order valence-electron chi connectivity index (χ0n) is 8.23. The Bertz CT molecular complexity index is 378. The van der Waals surface area contributed by atoms with Crippen molar-refractivity contribution in [2.45, 2.75) is 19.8 Å². The van der Waals surface area contributed by atoms with E-state index in [-0.39, 0.29) is 5.78 Å². The average molecular weight is 187 g/mol. The minimum Gasteiger partial charge on any atom is -0.289 e. The average Bonchev–Trinajstić information content (AvgIpc) is 2.97. The number of carbonyl (C=O) groups is 1. The maximum atomic E-state index is 11.6. The first-order valence-electron chi connectivity index (χ1n) is 4.91. The molecule has 0 aromatic carbocycles. The third-order valence-electron chi connectivity index (χ3n) is 2.32. The van der Waals surface area contributed by atoms with E-state index in [0.29, 0.717) is 5.92 Å². The second-order valence-electron chi connectivity index (χ2n) is 3.75. The lowest BCUT2D eigenvalue weighted by Crippen LogP contribution is -1.95. The lowest BCUT2D eigenvalue weighted by molar-refractivity contribution is 0.104. The molecule has 0 unspecified atom stereocenters. The quantitative estimate of drug-likeness (QED) is 0.537. The third-order valence-corrected chi connectivity index (χ3v) is 2.32. The molecule has 0 atom stereocenters. The van der Waals surface area contributed by atoms with Crippen molar-refractivity contribution in [1.29, 1.82) is 0 Å². The molecule has 0 saturated heterocycles. The van der Waals surface area contributed by atoms with Gasteiger partial charge in [0, 0.05) is 17.5 Å². The Hall–Kier alpha value is -1.44. The van der Waals surface area contributed by atoms with Gasteiger partial charge in [0.05, 0.1) is 0 Å². The summed E-state index contributed by atoms with van der Waals surface area (Å²) in [5.74, 6) is 0.740. The summed E-state index contributed by atoms with van der Waals surface area (Å²) in [7, 11) is 0. The monoisotopic (exact) mass is 187 g/mol. The molecule has 1 aliphatic rings. The zero-order chi connectivity index (χ0) is 9.97. The summed E-state index contributed by atoms with van der Waals surface area (Å²) in [5, 5.41) is 0. The van der Waals surface area contributed by atoms with Crippen LogP contribution >= 0.6 is 0 Å². The van der Waals surface area contributed by atoms with Crippen molar-refractivity contribution in [3.05, 3.63) is 41.7 Å². The van der Waals surface area contributed by atoms with Crippen molar-refractivity contribution in [1.82, 2.24) is 4.98 Å². The Morgan fingerprint density at radius 1 is 1.57 bits per heavy atom. The van der Waals surface area contributed by atoms with Gasteiger partial charge in [0.25, 0.3) is 0 Å². The molecule has 0 N–H and O–H groups in total. The second kappa shape index (κ2) is 3.74. The number of nitrogens with zero attached hydrogens (tertiary/aromatic N) is 1. The second-order valence-corrected chi connectivity index (χ2v) is 3.75. The summed E-state index contributed by atoms with van der Waals surface area (Å²) in [6, 6.07) is 3.58. The van der Waals surface area contributed by atoms with E-state index in [1.807, 2.05) is 19.1 Å². The van der Waals surface area contributed by atoms with Crippen LogP contribution in [0, 0.1) is 12.8 Å².